The summed E-state index contributed by atoms with van der Waals surface area (Å²) in [7, 11) is -0.939. The van der Waals surface area contributed by atoms with Crippen molar-refractivity contribution in [3.63, 3.8) is 0 Å². The molecule has 2 amide bonds. The zero-order valence-electron chi connectivity index (χ0n) is 13.8. The number of urea groups is 1. The molecule has 134 valence electrons. The molecule has 11 heteroatoms. The average Bonchev–Trinajstić information content (AvgIpc) is 2.61. The van der Waals surface area contributed by atoms with Gasteiger partial charge in [0.15, 0.2) is 15.7 Å². The minimum atomic E-state index is -3.68. The Bertz CT molecular complexity index is 865. The molecule has 0 atom stereocenters. The van der Waals surface area contributed by atoms with E-state index in [2.05, 4.69) is 15.0 Å². The van der Waals surface area contributed by atoms with Crippen LogP contribution in [0, 0.1) is 0 Å². The lowest BCUT2D eigenvalue weighted by atomic mass is 10.4. The number of amides is 2. The number of aromatic nitrogens is 3. The smallest absolute Gasteiger partial charge is 0.327 e. The number of nitrogens with zero attached hydrogens (tertiary/aromatic N) is 4. The molecule has 2 rings (SSSR count). The number of pyridine rings is 1. The number of hydrogen-bond acceptors (Lipinski definition) is 8. The summed E-state index contributed by atoms with van der Waals surface area (Å²) in [4.78, 5) is 24.7. The molecule has 0 aliphatic rings. The lowest BCUT2D eigenvalue weighted by Gasteiger charge is -2.20. The zero-order chi connectivity index (χ0) is 18.6. The fourth-order valence-electron chi connectivity index (χ4n) is 1.95. The number of primary amides is 1. The second-order valence-electron chi connectivity index (χ2n) is 4.65. The number of carbonyl (C=O) groups excluding carboxylic acids is 1. The van der Waals surface area contributed by atoms with Crippen LogP contribution in [0.3, 0.4) is 0 Å². The topological polar surface area (TPSA) is 138 Å². The first-order valence-electron chi connectivity index (χ1n) is 7.08. The first kappa shape index (κ1) is 18.4. The Morgan fingerprint density at radius 2 is 1.84 bits per heavy atom. The molecule has 0 fully saturated rings. The summed E-state index contributed by atoms with van der Waals surface area (Å²) in [5.41, 5.74) is 5.43. The molecule has 0 unspecified atom stereocenters. The van der Waals surface area contributed by atoms with Gasteiger partial charge >= 0.3 is 6.03 Å². The standard InChI is InChI=1S/C14H17N5O5S/c1-4-25(21,22)9-6-5-7-16-12(9)19(13(15)20)14-17-10(23-2)8-11(18-14)24-3/h5-8H,4H2,1-3H3,(H2,15,20). The lowest BCUT2D eigenvalue weighted by molar-refractivity contribution is 0.255. The molecule has 0 aromatic carbocycles. The van der Waals surface area contributed by atoms with Gasteiger partial charge in [-0.3, -0.25) is 0 Å². The van der Waals surface area contributed by atoms with E-state index in [1.165, 1.54) is 45.5 Å². The molecule has 0 saturated carbocycles. The van der Waals surface area contributed by atoms with E-state index in [1.54, 1.807) is 0 Å². The van der Waals surface area contributed by atoms with E-state index in [0.717, 1.165) is 4.90 Å². The molecule has 0 aliphatic carbocycles. The first-order valence-corrected chi connectivity index (χ1v) is 8.73. The highest BCUT2D eigenvalue weighted by atomic mass is 32.2. The molecule has 10 nitrogen and oxygen atoms in total. The van der Waals surface area contributed by atoms with Crippen LogP contribution in [0.5, 0.6) is 11.8 Å². The van der Waals surface area contributed by atoms with E-state index in [9.17, 15) is 13.2 Å². The minimum absolute atomic E-state index is 0.101. The van der Waals surface area contributed by atoms with Crippen molar-refractivity contribution in [2.45, 2.75) is 11.8 Å². The van der Waals surface area contributed by atoms with Crippen LogP contribution < -0.4 is 20.1 Å². The number of sulfone groups is 1. The van der Waals surface area contributed by atoms with Crippen molar-refractivity contribution in [1.82, 2.24) is 15.0 Å². The molecule has 2 heterocycles. The largest absolute Gasteiger partial charge is 0.481 e. The van der Waals surface area contributed by atoms with Gasteiger partial charge in [-0.1, -0.05) is 6.92 Å². The van der Waals surface area contributed by atoms with Gasteiger partial charge in [0, 0.05) is 6.20 Å². The Balaban J connectivity index is 2.72. The highest BCUT2D eigenvalue weighted by Gasteiger charge is 2.28. The van der Waals surface area contributed by atoms with Crippen LogP contribution in [0.1, 0.15) is 6.92 Å². The summed E-state index contributed by atoms with van der Waals surface area (Å²) < 4.78 is 34.7. The Morgan fingerprint density at radius 3 is 2.32 bits per heavy atom. The number of anilines is 2. The van der Waals surface area contributed by atoms with Gasteiger partial charge in [0.2, 0.25) is 17.7 Å². The molecule has 0 radical (unpaired) electrons. The molecule has 2 aromatic rings. The molecular weight excluding hydrogens is 350 g/mol. The Labute approximate surface area is 144 Å². The van der Waals surface area contributed by atoms with Crippen molar-refractivity contribution in [3.8, 4) is 11.8 Å². The zero-order valence-corrected chi connectivity index (χ0v) is 14.6. The van der Waals surface area contributed by atoms with E-state index in [-0.39, 0.29) is 34.2 Å². The average molecular weight is 367 g/mol. The molecular formula is C14H17N5O5S. The van der Waals surface area contributed by atoms with Crippen molar-refractivity contribution in [2.75, 3.05) is 24.9 Å². The second-order valence-corrected chi connectivity index (χ2v) is 6.90. The van der Waals surface area contributed by atoms with Gasteiger partial charge in [0.25, 0.3) is 0 Å². The van der Waals surface area contributed by atoms with Gasteiger partial charge in [0.05, 0.1) is 26.0 Å². The quantitative estimate of drug-likeness (QED) is 0.795. The summed E-state index contributed by atoms with van der Waals surface area (Å²) in [5.74, 6) is -0.407. The van der Waals surface area contributed by atoms with Gasteiger partial charge < -0.3 is 15.2 Å². The first-order chi connectivity index (χ1) is 11.8. The van der Waals surface area contributed by atoms with Crippen LogP contribution in [0.25, 0.3) is 0 Å². The lowest BCUT2D eigenvalue weighted by Crippen LogP contribution is -2.34. The van der Waals surface area contributed by atoms with Crippen molar-refractivity contribution in [2.24, 2.45) is 5.73 Å². The van der Waals surface area contributed by atoms with Crippen LogP contribution in [0.4, 0.5) is 16.6 Å². The fourth-order valence-corrected chi connectivity index (χ4v) is 2.97. The van der Waals surface area contributed by atoms with Crippen LogP contribution in [0.2, 0.25) is 0 Å². The maximum atomic E-state index is 12.3. The maximum Gasteiger partial charge on any atom is 0.327 e. The summed E-state index contributed by atoms with van der Waals surface area (Å²) in [6.07, 6.45) is 1.33. The van der Waals surface area contributed by atoms with Crippen LogP contribution in [-0.4, -0.2) is 49.4 Å². The molecule has 2 N–H and O–H groups in total. The summed E-state index contributed by atoms with van der Waals surface area (Å²) in [6, 6.07) is 3.15. The Hall–Kier alpha value is -2.95. The monoisotopic (exact) mass is 367 g/mol. The van der Waals surface area contributed by atoms with Crippen LogP contribution >= 0.6 is 0 Å². The highest BCUT2D eigenvalue weighted by molar-refractivity contribution is 7.91. The number of methoxy groups -OCH3 is 2. The highest BCUT2D eigenvalue weighted by Crippen LogP contribution is 2.30. The third-order valence-corrected chi connectivity index (χ3v) is 4.93. The van der Waals surface area contributed by atoms with E-state index < -0.39 is 15.9 Å². The predicted molar refractivity (Wildman–Crippen MR) is 88.8 cm³/mol. The van der Waals surface area contributed by atoms with Crippen LogP contribution in [0.15, 0.2) is 29.3 Å². The Kier molecular flexibility index (Phi) is 5.37. The van der Waals surface area contributed by atoms with E-state index in [4.69, 9.17) is 15.2 Å². The van der Waals surface area contributed by atoms with Crippen molar-refractivity contribution in [3.05, 3.63) is 24.4 Å². The SMILES string of the molecule is CCS(=O)(=O)c1cccnc1N(C(N)=O)c1nc(OC)cc(OC)n1. The molecule has 0 saturated heterocycles. The van der Waals surface area contributed by atoms with Gasteiger partial charge in [-0.05, 0) is 12.1 Å². The third-order valence-electron chi connectivity index (χ3n) is 3.18. The van der Waals surface area contributed by atoms with Gasteiger partial charge in [-0.15, -0.1) is 0 Å². The van der Waals surface area contributed by atoms with Gasteiger partial charge in [-0.25, -0.2) is 23.1 Å². The Morgan fingerprint density at radius 1 is 1.24 bits per heavy atom. The molecule has 0 spiro atoms. The van der Waals surface area contributed by atoms with Crippen LogP contribution in [-0.2, 0) is 9.84 Å². The summed E-state index contributed by atoms with van der Waals surface area (Å²) >= 11 is 0. The van der Waals surface area contributed by atoms with Crippen molar-refractivity contribution in [1.29, 1.82) is 0 Å². The minimum Gasteiger partial charge on any atom is -0.481 e. The normalized spacial score (nSPS) is 11.0. The number of nitrogens with two attached hydrogens (primary N) is 1. The molecule has 0 aliphatic heterocycles. The molecule has 2 aromatic heterocycles. The van der Waals surface area contributed by atoms with Gasteiger partial charge in [0.1, 0.15) is 4.90 Å². The van der Waals surface area contributed by atoms with E-state index >= 15 is 0 Å². The summed E-state index contributed by atoms with van der Waals surface area (Å²) in [5, 5.41) is 0. The van der Waals surface area contributed by atoms with Crippen molar-refractivity contribution < 1.29 is 22.7 Å². The van der Waals surface area contributed by atoms with E-state index in [0.29, 0.717) is 0 Å². The van der Waals surface area contributed by atoms with Gasteiger partial charge in [-0.2, -0.15) is 9.97 Å². The third kappa shape index (κ3) is 3.76. The second kappa shape index (κ2) is 7.30. The number of carbonyl (C=O) groups is 1. The number of rotatable bonds is 6. The van der Waals surface area contributed by atoms with E-state index in [1.807, 2.05) is 0 Å². The van der Waals surface area contributed by atoms with Crippen molar-refractivity contribution >= 4 is 27.6 Å². The molecule has 25 heavy (non-hydrogen) atoms. The predicted octanol–water partition coefficient (Wildman–Crippen LogP) is 0.899. The number of hydrogen-bond donors (Lipinski definition) is 1. The number of ether oxygens (including phenoxy) is 2. The summed E-state index contributed by atoms with van der Waals surface area (Å²) in [6.45, 7) is 1.48. The molecule has 0 bridgehead atoms. The maximum absolute atomic E-state index is 12.3. The fraction of sp³-hybridized carbons (Fsp3) is 0.286.